The first kappa shape index (κ1) is 15.1. The van der Waals surface area contributed by atoms with Crippen molar-refractivity contribution >= 4 is 11.9 Å². The normalized spacial score (nSPS) is 12.0. The molecule has 0 fully saturated rings. The van der Waals surface area contributed by atoms with E-state index in [9.17, 15) is 14.7 Å². The molecule has 0 bridgehead atoms. The molecule has 0 saturated heterocycles. The maximum Gasteiger partial charge on any atom is 0.360 e. The molecule has 1 N–H and O–H groups in total. The monoisotopic (exact) mass is 271 g/mol. The standard InChI is InChI=1S/C11H17N3O5/c1-4-7(15)6-14-8(5-9(16)18-2)10(12-13-14)11(17)19-3/h7,15H,4-6H2,1-3H3. The minimum atomic E-state index is -0.684. The van der Waals surface area contributed by atoms with Gasteiger partial charge < -0.3 is 14.6 Å². The molecule has 0 aromatic carbocycles. The van der Waals surface area contributed by atoms with Crippen LogP contribution < -0.4 is 0 Å². The van der Waals surface area contributed by atoms with Crippen LogP contribution in [0.2, 0.25) is 0 Å². The van der Waals surface area contributed by atoms with E-state index in [-0.39, 0.29) is 24.4 Å². The third-order valence-corrected chi connectivity index (χ3v) is 2.61. The van der Waals surface area contributed by atoms with Gasteiger partial charge in [0, 0.05) is 0 Å². The summed E-state index contributed by atoms with van der Waals surface area (Å²) < 4.78 is 10.4. The summed E-state index contributed by atoms with van der Waals surface area (Å²) in [6.45, 7) is 1.95. The molecule has 1 rings (SSSR count). The maximum atomic E-state index is 11.5. The van der Waals surface area contributed by atoms with Crippen LogP contribution in [0.15, 0.2) is 0 Å². The molecular weight excluding hydrogens is 254 g/mol. The van der Waals surface area contributed by atoms with Gasteiger partial charge in [-0.15, -0.1) is 5.10 Å². The fourth-order valence-electron chi connectivity index (χ4n) is 1.45. The lowest BCUT2D eigenvalue weighted by atomic mass is 10.2. The van der Waals surface area contributed by atoms with Crippen molar-refractivity contribution < 1.29 is 24.2 Å². The Bertz CT molecular complexity index is 457. The number of nitrogens with zero attached hydrogens (tertiary/aromatic N) is 3. The topological polar surface area (TPSA) is 104 Å². The number of aromatic nitrogens is 3. The number of aliphatic hydroxyl groups excluding tert-OH is 1. The molecule has 8 heteroatoms. The minimum Gasteiger partial charge on any atom is -0.469 e. The number of hydrogen-bond acceptors (Lipinski definition) is 7. The number of ether oxygens (including phenoxy) is 2. The van der Waals surface area contributed by atoms with E-state index in [1.807, 2.05) is 6.92 Å². The zero-order chi connectivity index (χ0) is 14.4. The first-order valence-electron chi connectivity index (χ1n) is 5.79. The minimum absolute atomic E-state index is 0.0452. The lowest BCUT2D eigenvalue weighted by Crippen LogP contribution is -2.20. The number of carbonyl (C=O) groups excluding carboxylic acids is 2. The molecule has 1 aromatic rings. The Morgan fingerprint density at radius 3 is 2.58 bits per heavy atom. The predicted molar refractivity (Wildman–Crippen MR) is 63.4 cm³/mol. The first-order chi connectivity index (χ1) is 9.03. The van der Waals surface area contributed by atoms with Crippen LogP contribution in [0.25, 0.3) is 0 Å². The summed E-state index contributed by atoms with van der Waals surface area (Å²) >= 11 is 0. The zero-order valence-corrected chi connectivity index (χ0v) is 11.1. The highest BCUT2D eigenvalue weighted by molar-refractivity contribution is 5.89. The van der Waals surface area contributed by atoms with Crippen LogP contribution in [0, 0.1) is 0 Å². The molecule has 1 heterocycles. The fourth-order valence-corrected chi connectivity index (χ4v) is 1.45. The molecule has 8 nitrogen and oxygen atoms in total. The van der Waals surface area contributed by atoms with Crippen molar-refractivity contribution in [2.45, 2.75) is 32.4 Å². The van der Waals surface area contributed by atoms with Crippen LogP contribution in [0.3, 0.4) is 0 Å². The number of esters is 2. The van der Waals surface area contributed by atoms with Crippen molar-refractivity contribution in [3.8, 4) is 0 Å². The van der Waals surface area contributed by atoms with Gasteiger partial charge in [-0.2, -0.15) is 0 Å². The van der Waals surface area contributed by atoms with Gasteiger partial charge >= 0.3 is 11.9 Å². The Morgan fingerprint density at radius 1 is 1.37 bits per heavy atom. The fraction of sp³-hybridized carbons (Fsp3) is 0.636. The van der Waals surface area contributed by atoms with Gasteiger partial charge in [0.05, 0.1) is 39.0 Å². The Balaban J connectivity index is 3.06. The van der Waals surface area contributed by atoms with Crippen LogP contribution in [0.1, 0.15) is 29.5 Å². The average molecular weight is 271 g/mol. The molecule has 0 aliphatic heterocycles. The summed E-state index contributed by atoms with van der Waals surface area (Å²) in [6, 6.07) is 0. The van der Waals surface area contributed by atoms with Gasteiger partial charge in [0.1, 0.15) is 0 Å². The van der Waals surface area contributed by atoms with E-state index in [4.69, 9.17) is 0 Å². The van der Waals surface area contributed by atoms with Gasteiger partial charge in [-0.3, -0.25) is 4.79 Å². The quantitative estimate of drug-likeness (QED) is 0.699. The van der Waals surface area contributed by atoms with Gasteiger partial charge in [-0.25, -0.2) is 9.48 Å². The second-order valence-electron chi connectivity index (χ2n) is 3.87. The van der Waals surface area contributed by atoms with Gasteiger partial charge in [-0.1, -0.05) is 12.1 Å². The van der Waals surface area contributed by atoms with Crippen molar-refractivity contribution in [3.05, 3.63) is 11.4 Å². The summed E-state index contributed by atoms with van der Waals surface area (Å²) in [7, 11) is 2.46. The van der Waals surface area contributed by atoms with Gasteiger partial charge in [0.15, 0.2) is 5.69 Å². The molecule has 106 valence electrons. The second-order valence-corrected chi connectivity index (χ2v) is 3.87. The summed E-state index contributed by atoms with van der Waals surface area (Å²) in [4.78, 5) is 22.9. The first-order valence-corrected chi connectivity index (χ1v) is 5.79. The summed E-state index contributed by atoms with van der Waals surface area (Å²) in [6.07, 6.45) is -0.279. The smallest absolute Gasteiger partial charge is 0.360 e. The number of carbonyl (C=O) groups is 2. The van der Waals surface area contributed by atoms with E-state index < -0.39 is 18.0 Å². The Kier molecular flexibility index (Phi) is 5.43. The molecule has 0 aliphatic carbocycles. The average Bonchev–Trinajstić information content (AvgIpc) is 2.80. The summed E-state index contributed by atoms with van der Waals surface area (Å²) in [5, 5.41) is 17.1. The van der Waals surface area contributed by atoms with Crippen LogP contribution in [0.5, 0.6) is 0 Å². The number of rotatable bonds is 6. The van der Waals surface area contributed by atoms with Gasteiger partial charge in [0.25, 0.3) is 0 Å². The lowest BCUT2D eigenvalue weighted by Gasteiger charge is -2.10. The summed E-state index contributed by atoms with van der Waals surface area (Å²) in [5.41, 5.74) is 0.224. The van der Waals surface area contributed by atoms with Crippen molar-refractivity contribution in [2.24, 2.45) is 0 Å². The van der Waals surface area contributed by atoms with Gasteiger partial charge in [-0.05, 0) is 6.42 Å². The van der Waals surface area contributed by atoms with E-state index in [1.54, 1.807) is 0 Å². The highest BCUT2D eigenvalue weighted by Crippen LogP contribution is 2.10. The van der Waals surface area contributed by atoms with E-state index in [0.29, 0.717) is 6.42 Å². The number of aliphatic hydroxyl groups is 1. The van der Waals surface area contributed by atoms with Crippen molar-refractivity contribution in [2.75, 3.05) is 14.2 Å². The van der Waals surface area contributed by atoms with Crippen molar-refractivity contribution in [3.63, 3.8) is 0 Å². The van der Waals surface area contributed by atoms with Crippen LogP contribution in [-0.4, -0.2) is 52.4 Å². The van der Waals surface area contributed by atoms with Crippen LogP contribution >= 0.6 is 0 Å². The number of hydrogen-bond donors (Lipinski definition) is 1. The Hall–Kier alpha value is -1.96. The van der Waals surface area contributed by atoms with Crippen molar-refractivity contribution in [1.82, 2.24) is 15.0 Å². The Morgan fingerprint density at radius 2 is 2.05 bits per heavy atom. The zero-order valence-electron chi connectivity index (χ0n) is 11.1. The third kappa shape index (κ3) is 3.75. The second kappa shape index (κ2) is 6.83. The summed E-state index contributed by atoms with van der Waals surface area (Å²) in [5.74, 6) is -1.21. The molecule has 0 aliphatic rings. The van der Waals surface area contributed by atoms with Crippen LogP contribution in [0.4, 0.5) is 0 Å². The predicted octanol–water partition coefficient (Wildman–Crippen LogP) is -0.449. The molecule has 0 spiro atoms. The third-order valence-electron chi connectivity index (χ3n) is 2.61. The molecule has 0 saturated carbocycles. The van der Waals surface area contributed by atoms with E-state index in [0.717, 1.165) is 0 Å². The van der Waals surface area contributed by atoms with E-state index in [1.165, 1.54) is 18.9 Å². The molecule has 0 radical (unpaired) electrons. The molecule has 1 unspecified atom stereocenters. The molecule has 19 heavy (non-hydrogen) atoms. The van der Waals surface area contributed by atoms with Crippen molar-refractivity contribution in [1.29, 1.82) is 0 Å². The van der Waals surface area contributed by atoms with Gasteiger partial charge in [0.2, 0.25) is 0 Å². The molecule has 1 atom stereocenters. The SMILES string of the molecule is CCC(O)Cn1nnc(C(=O)OC)c1CC(=O)OC. The largest absolute Gasteiger partial charge is 0.469 e. The lowest BCUT2D eigenvalue weighted by molar-refractivity contribution is -0.139. The van der Waals surface area contributed by atoms with E-state index >= 15 is 0 Å². The molecule has 1 aromatic heterocycles. The highest BCUT2D eigenvalue weighted by Gasteiger charge is 2.23. The highest BCUT2D eigenvalue weighted by atomic mass is 16.5. The molecular formula is C11H17N3O5. The van der Waals surface area contributed by atoms with E-state index in [2.05, 4.69) is 19.8 Å². The number of methoxy groups -OCH3 is 2. The van der Waals surface area contributed by atoms with Crippen LogP contribution in [-0.2, 0) is 27.2 Å². The maximum absolute atomic E-state index is 11.5. The molecule has 0 amide bonds. The Labute approximate surface area is 110 Å².